The summed E-state index contributed by atoms with van der Waals surface area (Å²) in [5.41, 5.74) is 1.16. The van der Waals surface area contributed by atoms with E-state index in [1.165, 1.54) is 0 Å². The van der Waals surface area contributed by atoms with Crippen molar-refractivity contribution in [1.82, 2.24) is 0 Å². The standard InChI is InChI=1S/C12H15N/c1-2-3-4-8-11-13-12-9-6-5-7-10-12/h2-10,13H,11H2,1H3/b3-2-,8-4-. The van der Waals surface area contributed by atoms with E-state index in [1.54, 1.807) is 0 Å². The molecule has 1 aromatic carbocycles. The molecule has 0 aliphatic rings. The van der Waals surface area contributed by atoms with E-state index in [1.807, 2.05) is 43.4 Å². The largest absolute Gasteiger partial charge is 0.382 e. The van der Waals surface area contributed by atoms with Gasteiger partial charge in [-0.3, -0.25) is 0 Å². The molecule has 13 heavy (non-hydrogen) atoms. The molecular weight excluding hydrogens is 158 g/mol. The molecule has 0 unspecified atom stereocenters. The maximum Gasteiger partial charge on any atom is 0.0342 e. The fourth-order valence-corrected chi connectivity index (χ4v) is 0.991. The van der Waals surface area contributed by atoms with Gasteiger partial charge in [0.15, 0.2) is 0 Å². The fraction of sp³-hybridized carbons (Fsp3) is 0.167. The van der Waals surface area contributed by atoms with Gasteiger partial charge in [-0.05, 0) is 19.1 Å². The predicted molar refractivity (Wildman–Crippen MR) is 58.9 cm³/mol. The normalized spacial score (nSPS) is 11.2. The molecular formula is C12H15N. The van der Waals surface area contributed by atoms with Crippen molar-refractivity contribution in [2.45, 2.75) is 6.92 Å². The molecule has 0 amide bonds. The Morgan fingerprint density at radius 1 is 1.15 bits per heavy atom. The van der Waals surface area contributed by atoms with Crippen LogP contribution >= 0.6 is 0 Å². The molecule has 0 fully saturated rings. The summed E-state index contributed by atoms with van der Waals surface area (Å²) in [5.74, 6) is 0. The number of rotatable bonds is 4. The molecule has 0 heterocycles. The first-order chi connectivity index (χ1) is 6.43. The summed E-state index contributed by atoms with van der Waals surface area (Å²) < 4.78 is 0. The molecule has 1 nitrogen and oxygen atoms in total. The smallest absolute Gasteiger partial charge is 0.0342 e. The van der Waals surface area contributed by atoms with Gasteiger partial charge in [-0.2, -0.15) is 0 Å². The van der Waals surface area contributed by atoms with Gasteiger partial charge in [0.05, 0.1) is 0 Å². The molecule has 0 atom stereocenters. The Balaban J connectivity index is 2.28. The lowest BCUT2D eigenvalue weighted by molar-refractivity contribution is 1.33. The second kappa shape index (κ2) is 6.06. The van der Waals surface area contributed by atoms with E-state index >= 15 is 0 Å². The van der Waals surface area contributed by atoms with Crippen molar-refractivity contribution in [2.75, 3.05) is 11.9 Å². The molecule has 0 bridgehead atoms. The Morgan fingerprint density at radius 3 is 2.62 bits per heavy atom. The number of anilines is 1. The number of hydrogen-bond acceptors (Lipinski definition) is 1. The highest BCUT2D eigenvalue weighted by molar-refractivity contribution is 5.42. The van der Waals surface area contributed by atoms with Gasteiger partial charge in [0.1, 0.15) is 0 Å². The van der Waals surface area contributed by atoms with Gasteiger partial charge in [0, 0.05) is 12.2 Å². The lowest BCUT2D eigenvalue weighted by Gasteiger charge is -2.00. The summed E-state index contributed by atoms with van der Waals surface area (Å²) in [6, 6.07) is 10.2. The highest BCUT2D eigenvalue weighted by Crippen LogP contribution is 2.03. The second-order valence-electron chi connectivity index (χ2n) is 2.70. The molecule has 0 spiro atoms. The van der Waals surface area contributed by atoms with Crippen LogP contribution in [0.2, 0.25) is 0 Å². The molecule has 1 heteroatoms. The summed E-state index contributed by atoms with van der Waals surface area (Å²) in [7, 11) is 0. The Bertz CT molecular complexity index is 272. The van der Waals surface area contributed by atoms with Crippen molar-refractivity contribution < 1.29 is 0 Å². The third kappa shape index (κ3) is 4.16. The van der Waals surface area contributed by atoms with Crippen LogP contribution in [0.15, 0.2) is 54.6 Å². The molecule has 1 N–H and O–H groups in total. The molecule has 68 valence electrons. The summed E-state index contributed by atoms with van der Waals surface area (Å²) >= 11 is 0. The zero-order chi connectivity index (χ0) is 9.36. The minimum Gasteiger partial charge on any atom is -0.382 e. The topological polar surface area (TPSA) is 12.0 Å². The van der Waals surface area contributed by atoms with Crippen LogP contribution in [0.3, 0.4) is 0 Å². The van der Waals surface area contributed by atoms with Gasteiger partial charge in [-0.25, -0.2) is 0 Å². The Kier molecular flexibility index (Phi) is 4.47. The molecule has 1 rings (SSSR count). The zero-order valence-corrected chi connectivity index (χ0v) is 7.90. The number of benzene rings is 1. The minimum atomic E-state index is 0.869. The van der Waals surface area contributed by atoms with E-state index in [2.05, 4.69) is 23.5 Å². The lowest BCUT2D eigenvalue weighted by atomic mass is 10.3. The van der Waals surface area contributed by atoms with Gasteiger partial charge in [0.25, 0.3) is 0 Å². The molecule has 1 aromatic rings. The van der Waals surface area contributed by atoms with Crippen LogP contribution in [-0.2, 0) is 0 Å². The predicted octanol–water partition coefficient (Wildman–Crippen LogP) is 3.23. The summed E-state index contributed by atoms with van der Waals surface area (Å²) in [4.78, 5) is 0. The van der Waals surface area contributed by atoms with Crippen LogP contribution in [0.4, 0.5) is 5.69 Å². The number of hydrogen-bond donors (Lipinski definition) is 1. The maximum atomic E-state index is 3.28. The third-order valence-electron chi connectivity index (χ3n) is 1.64. The highest BCUT2D eigenvalue weighted by Gasteiger charge is 1.83. The van der Waals surface area contributed by atoms with Crippen LogP contribution in [0, 0.1) is 0 Å². The number of allylic oxidation sites excluding steroid dienone is 3. The van der Waals surface area contributed by atoms with Crippen molar-refractivity contribution in [3.05, 3.63) is 54.6 Å². The van der Waals surface area contributed by atoms with Crippen molar-refractivity contribution >= 4 is 5.69 Å². The first-order valence-corrected chi connectivity index (χ1v) is 4.50. The van der Waals surface area contributed by atoms with Crippen LogP contribution in [0.1, 0.15) is 6.92 Å². The quantitative estimate of drug-likeness (QED) is 0.689. The second-order valence-corrected chi connectivity index (χ2v) is 2.70. The van der Waals surface area contributed by atoms with E-state index in [4.69, 9.17) is 0 Å². The van der Waals surface area contributed by atoms with E-state index in [0.717, 1.165) is 12.2 Å². The monoisotopic (exact) mass is 173 g/mol. The van der Waals surface area contributed by atoms with Crippen LogP contribution in [0.25, 0.3) is 0 Å². The van der Waals surface area contributed by atoms with Gasteiger partial charge in [-0.15, -0.1) is 0 Å². The van der Waals surface area contributed by atoms with E-state index in [0.29, 0.717) is 0 Å². The van der Waals surface area contributed by atoms with Gasteiger partial charge in [0.2, 0.25) is 0 Å². The first kappa shape index (κ1) is 9.59. The minimum absolute atomic E-state index is 0.869. The van der Waals surface area contributed by atoms with Crippen LogP contribution in [-0.4, -0.2) is 6.54 Å². The number of nitrogens with one attached hydrogen (secondary N) is 1. The summed E-state index contributed by atoms with van der Waals surface area (Å²) in [6.45, 7) is 2.88. The molecule has 0 aliphatic carbocycles. The van der Waals surface area contributed by atoms with Crippen molar-refractivity contribution in [3.63, 3.8) is 0 Å². The summed E-state index contributed by atoms with van der Waals surface area (Å²) in [5, 5.41) is 3.28. The van der Waals surface area contributed by atoms with Crippen molar-refractivity contribution in [3.8, 4) is 0 Å². The molecule has 0 saturated carbocycles. The Morgan fingerprint density at radius 2 is 1.92 bits per heavy atom. The van der Waals surface area contributed by atoms with E-state index in [9.17, 15) is 0 Å². The van der Waals surface area contributed by atoms with E-state index < -0.39 is 0 Å². The lowest BCUT2D eigenvalue weighted by Crippen LogP contribution is -1.96. The summed E-state index contributed by atoms with van der Waals surface area (Å²) in [6.07, 6.45) is 8.16. The SMILES string of the molecule is C/C=C\C=C/CNc1ccccc1. The van der Waals surface area contributed by atoms with E-state index in [-0.39, 0.29) is 0 Å². The van der Waals surface area contributed by atoms with Crippen LogP contribution < -0.4 is 5.32 Å². The van der Waals surface area contributed by atoms with Crippen LogP contribution in [0.5, 0.6) is 0 Å². The average Bonchev–Trinajstić information content (AvgIpc) is 2.19. The molecule has 0 aromatic heterocycles. The first-order valence-electron chi connectivity index (χ1n) is 4.50. The Hall–Kier alpha value is -1.50. The number of para-hydroxylation sites is 1. The van der Waals surface area contributed by atoms with Gasteiger partial charge < -0.3 is 5.32 Å². The average molecular weight is 173 g/mol. The fourth-order valence-electron chi connectivity index (χ4n) is 0.991. The highest BCUT2D eigenvalue weighted by atomic mass is 14.8. The Labute approximate surface area is 79.8 Å². The van der Waals surface area contributed by atoms with Gasteiger partial charge >= 0.3 is 0 Å². The molecule has 0 radical (unpaired) electrons. The third-order valence-corrected chi connectivity index (χ3v) is 1.64. The zero-order valence-electron chi connectivity index (χ0n) is 7.90. The molecule has 0 saturated heterocycles. The maximum absolute atomic E-state index is 3.28. The van der Waals surface area contributed by atoms with Gasteiger partial charge in [-0.1, -0.05) is 42.5 Å². The van der Waals surface area contributed by atoms with Crippen molar-refractivity contribution in [2.24, 2.45) is 0 Å². The molecule has 0 aliphatic heterocycles. The van der Waals surface area contributed by atoms with Crippen molar-refractivity contribution in [1.29, 1.82) is 0 Å².